The van der Waals surface area contributed by atoms with Crippen molar-refractivity contribution in [1.82, 2.24) is 0 Å². The summed E-state index contributed by atoms with van der Waals surface area (Å²) in [5.74, 6) is -0.548. The number of amidine groups is 1. The molecule has 0 saturated carbocycles. The number of sulfonamides is 1. The third-order valence-corrected chi connectivity index (χ3v) is 6.31. The van der Waals surface area contributed by atoms with E-state index in [0.29, 0.717) is 24.5 Å². The summed E-state index contributed by atoms with van der Waals surface area (Å²) in [6.07, 6.45) is 3.47. The molecule has 10 heteroatoms. The Labute approximate surface area is 173 Å². The minimum atomic E-state index is -3.89. The number of methoxy groups -OCH3 is 1. The molecular formula is C20H20N2O7S. The van der Waals surface area contributed by atoms with E-state index in [1.165, 1.54) is 31.4 Å². The minimum absolute atomic E-state index is 0.00506. The maximum atomic E-state index is 12.7. The van der Waals surface area contributed by atoms with Gasteiger partial charge in [0.1, 0.15) is 23.1 Å². The molecule has 2 aliphatic rings. The molecule has 30 heavy (non-hydrogen) atoms. The number of rotatable bonds is 4. The number of hydrogen-bond donors (Lipinski definition) is 0. The molecule has 0 aliphatic carbocycles. The first-order valence-electron chi connectivity index (χ1n) is 9.48. The predicted molar refractivity (Wildman–Crippen MR) is 106 cm³/mol. The Bertz CT molecular complexity index is 1130. The van der Waals surface area contributed by atoms with E-state index < -0.39 is 22.0 Å². The highest BCUT2D eigenvalue weighted by atomic mass is 32.2. The van der Waals surface area contributed by atoms with Gasteiger partial charge in [-0.3, -0.25) is 0 Å². The lowest BCUT2D eigenvalue weighted by Crippen LogP contribution is -2.35. The summed E-state index contributed by atoms with van der Waals surface area (Å²) < 4.78 is 44.3. The molecule has 1 fully saturated rings. The summed E-state index contributed by atoms with van der Waals surface area (Å²) in [7, 11) is -2.66. The molecule has 3 heterocycles. The molecule has 158 valence electrons. The molecule has 0 unspecified atom stereocenters. The largest absolute Gasteiger partial charge is 0.463 e. The first kappa shape index (κ1) is 20.1. The van der Waals surface area contributed by atoms with Crippen molar-refractivity contribution in [2.45, 2.75) is 37.2 Å². The smallest absolute Gasteiger partial charge is 0.373 e. The summed E-state index contributed by atoms with van der Waals surface area (Å²) in [6.45, 7) is 0.472. The van der Waals surface area contributed by atoms with Crippen LogP contribution in [0.25, 0.3) is 0 Å². The summed E-state index contributed by atoms with van der Waals surface area (Å²) >= 11 is 0. The van der Waals surface area contributed by atoms with Gasteiger partial charge >= 0.3 is 11.9 Å². The maximum Gasteiger partial charge on any atom is 0.373 e. The quantitative estimate of drug-likeness (QED) is 0.677. The van der Waals surface area contributed by atoms with Crippen LogP contribution in [-0.2, 0) is 26.1 Å². The molecule has 9 nitrogen and oxygen atoms in total. The number of nitrogens with zero attached hydrogens (tertiary/aromatic N) is 2. The number of benzene rings is 1. The van der Waals surface area contributed by atoms with Crippen LogP contribution < -0.4 is 4.90 Å². The molecule has 4 rings (SSSR count). The second kappa shape index (κ2) is 7.94. The Kier molecular flexibility index (Phi) is 5.33. The third kappa shape index (κ3) is 3.82. The van der Waals surface area contributed by atoms with Gasteiger partial charge in [-0.05, 0) is 43.2 Å². The zero-order valence-electron chi connectivity index (χ0n) is 16.3. The molecule has 1 aromatic heterocycles. The highest BCUT2D eigenvalue weighted by molar-refractivity contribution is 7.90. The van der Waals surface area contributed by atoms with E-state index in [1.54, 1.807) is 6.07 Å². The Morgan fingerprint density at radius 2 is 1.97 bits per heavy atom. The van der Waals surface area contributed by atoms with Crippen LogP contribution in [0.2, 0.25) is 0 Å². The standard InChI is InChI=1S/C20H20N2O7S/c1-27-20(24)16-9-7-14(29-16)12-28-19(23)13-6-8-15-17(11-13)30(25,26)21-18-5-3-2-4-10-22(15)18/h6-9,11H,2-5,10,12H2,1H3. The van der Waals surface area contributed by atoms with Crippen molar-refractivity contribution in [2.75, 3.05) is 18.6 Å². The molecule has 0 N–H and O–H groups in total. The number of anilines is 1. The average Bonchev–Trinajstić information content (AvgIpc) is 3.09. The number of furan rings is 1. The van der Waals surface area contributed by atoms with Gasteiger partial charge < -0.3 is 18.8 Å². The fourth-order valence-corrected chi connectivity index (χ4v) is 4.78. The van der Waals surface area contributed by atoms with Gasteiger partial charge in [-0.2, -0.15) is 8.42 Å². The number of ether oxygens (including phenoxy) is 2. The second-order valence-electron chi connectivity index (χ2n) is 6.96. The number of esters is 2. The van der Waals surface area contributed by atoms with Gasteiger partial charge in [-0.25, -0.2) is 9.59 Å². The van der Waals surface area contributed by atoms with Crippen LogP contribution in [0.15, 0.2) is 44.0 Å². The normalized spacial score (nSPS) is 17.2. The molecule has 0 radical (unpaired) electrons. The van der Waals surface area contributed by atoms with Crippen LogP contribution >= 0.6 is 0 Å². The van der Waals surface area contributed by atoms with Gasteiger partial charge in [0.25, 0.3) is 10.0 Å². The summed E-state index contributed by atoms with van der Waals surface area (Å²) in [5, 5.41) is 0. The molecule has 0 atom stereocenters. The van der Waals surface area contributed by atoms with Crippen molar-refractivity contribution in [3.8, 4) is 0 Å². The third-order valence-electron chi connectivity index (χ3n) is 4.98. The maximum absolute atomic E-state index is 12.7. The molecule has 0 bridgehead atoms. The van der Waals surface area contributed by atoms with E-state index in [0.717, 1.165) is 19.3 Å². The van der Waals surface area contributed by atoms with Crippen molar-refractivity contribution in [2.24, 2.45) is 4.40 Å². The van der Waals surface area contributed by atoms with Gasteiger partial charge in [0.15, 0.2) is 0 Å². The summed E-state index contributed by atoms with van der Waals surface area (Å²) in [6, 6.07) is 7.35. The number of carbonyl (C=O) groups excluding carboxylic acids is 2. The van der Waals surface area contributed by atoms with Crippen LogP contribution in [-0.4, -0.2) is 39.8 Å². The van der Waals surface area contributed by atoms with E-state index in [2.05, 4.69) is 9.13 Å². The van der Waals surface area contributed by atoms with Gasteiger partial charge in [0, 0.05) is 13.0 Å². The summed E-state index contributed by atoms with van der Waals surface area (Å²) in [4.78, 5) is 25.8. The highest BCUT2D eigenvalue weighted by Gasteiger charge is 2.32. The van der Waals surface area contributed by atoms with Crippen LogP contribution in [0.5, 0.6) is 0 Å². The molecule has 1 saturated heterocycles. The first-order chi connectivity index (χ1) is 14.4. The van der Waals surface area contributed by atoms with E-state index in [1.807, 2.05) is 4.90 Å². The van der Waals surface area contributed by atoms with Gasteiger partial charge in [-0.15, -0.1) is 4.40 Å². The topological polar surface area (TPSA) is 115 Å². The van der Waals surface area contributed by atoms with Crippen molar-refractivity contribution in [3.63, 3.8) is 0 Å². The monoisotopic (exact) mass is 432 g/mol. The minimum Gasteiger partial charge on any atom is -0.463 e. The van der Waals surface area contributed by atoms with Crippen molar-refractivity contribution in [3.05, 3.63) is 47.4 Å². The molecular weight excluding hydrogens is 412 g/mol. The average molecular weight is 432 g/mol. The van der Waals surface area contributed by atoms with Gasteiger partial charge in [0.2, 0.25) is 5.76 Å². The van der Waals surface area contributed by atoms with Gasteiger partial charge in [-0.1, -0.05) is 6.42 Å². The first-order valence-corrected chi connectivity index (χ1v) is 10.9. The summed E-state index contributed by atoms with van der Waals surface area (Å²) in [5.41, 5.74) is 0.623. The van der Waals surface area contributed by atoms with Crippen LogP contribution in [0, 0.1) is 0 Å². The molecule has 0 amide bonds. The van der Waals surface area contributed by atoms with Crippen molar-refractivity contribution < 1.29 is 31.9 Å². The van der Waals surface area contributed by atoms with E-state index in [9.17, 15) is 18.0 Å². The fourth-order valence-electron chi connectivity index (χ4n) is 3.49. The molecule has 1 aromatic carbocycles. The van der Waals surface area contributed by atoms with E-state index in [4.69, 9.17) is 9.15 Å². The Morgan fingerprint density at radius 3 is 2.77 bits per heavy atom. The van der Waals surface area contributed by atoms with Crippen molar-refractivity contribution in [1.29, 1.82) is 0 Å². The van der Waals surface area contributed by atoms with Gasteiger partial charge in [0.05, 0.1) is 18.4 Å². The fraction of sp³-hybridized carbons (Fsp3) is 0.350. The molecule has 2 aromatic rings. The zero-order chi connectivity index (χ0) is 21.3. The lowest BCUT2D eigenvalue weighted by Gasteiger charge is -2.29. The lowest BCUT2D eigenvalue weighted by molar-refractivity contribution is 0.0438. The Morgan fingerprint density at radius 1 is 1.13 bits per heavy atom. The van der Waals surface area contributed by atoms with E-state index >= 15 is 0 Å². The Hall–Kier alpha value is -3.14. The highest BCUT2D eigenvalue weighted by Crippen LogP contribution is 2.35. The Balaban J connectivity index is 1.54. The predicted octanol–water partition coefficient (Wildman–Crippen LogP) is 2.90. The second-order valence-corrected chi connectivity index (χ2v) is 8.53. The number of hydrogen-bond acceptors (Lipinski definition) is 8. The van der Waals surface area contributed by atoms with Crippen LogP contribution in [0.4, 0.5) is 5.69 Å². The SMILES string of the molecule is COC(=O)c1ccc(COC(=O)c2ccc3c(c2)S(=O)(=O)N=C2CCCCCN23)o1. The van der Waals surface area contributed by atoms with Crippen LogP contribution in [0.3, 0.4) is 0 Å². The number of carbonyl (C=O) groups is 2. The zero-order valence-corrected chi connectivity index (χ0v) is 17.1. The van der Waals surface area contributed by atoms with Crippen molar-refractivity contribution >= 4 is 33.5 Å². The van der Waals surface area contributed by atoms with Crippen LogP contribution in [0.1, 0.15) is 52.4 Å². The van der Waals surface area contributed by atoms with E-state index in [-0.39, 0.29) is 28.6 Å². The lowest BCUT2D eigenvalue weighted by atomic mass is 10.2. The molecule has 0 spiro atoms. The number of fused-ring (bicyclic) bond motifs is 3. The molecule has 2 aliphatic heterocycles.